The Kier molecular flexibility index (Phi) is 5.42. The lowest BCUT2D eigenvalue weighted by molar-refractivity contribution is -0.141. The normalized spacial score (nSPS) is 20.0. The van der Waals surface area contributed by atoms with Crippen molar-refractivity contribution < 1.29 is 29.6 Å². The van der Waals surface area contributed by atoms with E-state index in [1.807, 2.05) is 0 Å². The molecule has 1 aliphatic rings. The first-order valence-electron chi connectivity index (χ1n) is 7.16. The van der Waals surface area contributed by atoms with Gasteiger partial charge in [-0.3, -0.25) is 4.79 Å². The van der Waals surface area contributed by atoms with E-state index in [4.69, 9.17) is 14.9 Å². The SMILES string of the molecule is CC(O)(CO)CNC1(CC(=O)O)CN(C(=O)OC(C)(C)C)C1. The Bertz CT molecular complexity index is 424. The number of carbonyl (C=O) groups is 2. The van der Waals surface area contributed by atoms with Crippen LogP contribution in [0.25, 0.3) is 0 Å². The largest absolute Gasteiger partial charge is 0.481 e. The van der Waals surface area contributed by atoms with Gasteiger partial charge in [0.15, 0.2) is 0 Å². The topological polar surface area (TPSA) is 119 Å². The van der Waals surface area contributed by atoms with Gasteiger partial charge in [-0.2, -0.15) is 0 Å². The average molecular weight is 318 g/mol. The molecule has 1 unspecified atom stereocenters. The highest BCUT2D eigenvalue weighted by Gasteiger charge is 2.48. The molecule has 1 fully saturated rings. The standard InChI is InChI=1S/C14H26N2O6/c1-12(2,3)22-11(20)16-7-14(8-16,5-10(18)19)15-6-13(4,21)9-17/h15,17,21H,5-9H2,1-4H3,(H,18,19). The number of aliphatic hydroxyl groups is 2. The second-order valence-electron chi connectivity index (χ2n) is 7.20. The quantitative estimate of drug-likeness (QED) is 0.534. The van der Waals surface area contributed by atoms with Crippen LogP contribution in [-0.2, 0) is 9.53 Å². The third-order valence-corrected chi connectivity index (χ3v) is 3.31. The minimum absolute atomic E-state index is 0.0267. The minimum Gasteiger partial charge on any atom is -0.481 e. The van der Waals surface area contributed by atoms with Crippen LogP contribution in [0.15, 0.2) is 0 Å². The second-order valence-corrected chi connectivity index (χ2v) is 7.20. The number of likely N-dealkylation sites (tertiary alicyclic amines) is 1. The fourth-order valence-electron chi connectivity index (χ4n) is 2.15. The summed E-state index contributed by atoms with van der Waals surface area (Å²) in [6.45, 7) is 6.64. The Morgan fingerprint density at radius 2 is 1.82 bits per heavy atom. The zero-order chi connectivity index (χ0) is 17.2. The van der Waals surface area contributed by atoms with E-state index in [2.05, 4.69) is 5.32 Å². The molecule has 0 bridgehead atoms. The molecule has 0 saturated carbocycles. The van der Waals surface area contributed by atoms with E-state index in [0.717, 1.165) is 0 Å². The molecule has 4 N–H and O–H groups in total. The number of β-amino-alcohol motifs (C(OH)–C–C–N with tert-alkyl or cyclic N) is 1. The zero-order valence-corrected chi connectivity index (χ0v) is 13.5. The number of rotatable bonds is 6. The Morgan fingerprint density at radius 1 is 1.27 bits per heavy atom. The molecule has 8 nitrogen and oxygen atoms in total. The molecule has 1 aliphatic heterocycles. The third kappa shape index (κ3) is 5.43. The number of hydrogen-bond donors (Lipinski definition) is 4. The third-order valence-electron chi connectivity index (χ3n) is 3.31. The van der Waals surface area contributed by atoms with E-state index in [0.29, 0.717) is 0 Å². The first-order valence-corrected chi connectivity index (χ1v) is 7.16. The summed E-state index contributed by atoms with van der Waals surface area (Å²) in [7, 11) is 0. The van der Waals surface area contributed by atoms with Gasteiger partial charge in [-0.25, -0.2) is 4.79 Å². The summed E-state index contributed by atoms with van der Waals surface area (Å²) >= 11 is 0. The fraction of sp³-hybridized carbons (Fsp3) is 0.857. The van der Waals surface area contributed by atoms with Crippen LogP contribution in [0.3, 0.4) is 0 Å². The zero-order valence-electron chi connectivity index (χ0n) is 13.5. The number of hydrogen-bond acceptors (Lipinski definition) is 6. The highest BCUT2D eigenvalue weighted by atomic mass is 16.6. The number of carboxylic acids is 1. The predicted molar refractivity (Wildman–Crippen MR) is 78.5 cm³/mol. The van der Waals surface area contributed by atoms with Crippen molar-refractivity contribution in [3.05, 3.63) is 0 Å². The van der Waals surface area contributed by atoms with Gasteiger partial charge < -0.3 is 30.3 Å². The lowest BCUT2D eigenvalue weighted by atomic mass is 9.85. The van der Waals surface area contributed by atoms with Crippen LogP contribution >= 0.6 is 0 Å². The number of nitrogens with zero attached hydrogens (tertiary/aromatic N) is 1. The van der Waals surface area contributed by atoms with Crippen molar-refractivity contribution >= 4 is 12.1 Å². The summed E-state index contributed by atoms with van der Waals surface area (Å²) in [6.07, 6.45) is -0.683. The molecule has 8 heteroatoms. The van der Waals surface area contributed by atoms with Crippen LogP contribution in [0.2, 0.25) is 0 Å². The molecule has 0 radical (unpaired) electrons. The van der Waals surface area contributed by atoms with E-state index >= 15 is 0 Å². The molecule has 0 aromatic heterocycles. The van der Waals surface area contributed by atoms with Crippen molar-refractivity contribution in [1.29, 1.82) is 0 Å². The van der Waals surface area contributed by atoms with Gasteiger partial charge in [0.2, 0.25) is 0 Å². The summed E-state index contributed by atoms with van der Waals surface area (Å²) in [4.78, 5) is 24.3. The van der Waals surface area contributed by atoms with Crippen molar-refractivity contribution in [3.8, 4) is 0 Å². The van der Waals surface area contributed by atoms with Crippen LogP contribution < -0.4 is 5.32 Å². The number of amides is 1. The molecule has 1 atom stereocenters. The lowest BCUT2D eigenvalue weighted by Crippen LogP contribution is -2.72. The summed E-state index contributed by atoms with van der Waals surface area (Å²) in [5.74, 6) is -1.00. The van der Waals surface area contributed by atoms with E-state index in [-0.39, 0.29) is 26.1 Å². The van der Waals surface area contributed by atoms with Crippen LogP contribution in [0.1, 0.15) is 34.1 Å². The summed E-state index contributed by atoms with van der Waals surface area (Å²) in [5.41, 5.74) is -2.78. The van der Waals surface area contributed by atoms with Crippen molar-refractivity contribution in [2.75, 3.05) is 26.2 Å². The van der Waals surface area contributed by atoms with Gasteiger partial charge >= 0.3 is 12.1 Å². The maximum atomic E-state index is 11.9. The van der Waals surface area contributed by atoms with Crippen LogP contribution in [0.4, 0.5) is 4.79 Å². The summed E-state index contributed by atoms with van der Waals surface area (Å²) in [6, 6.07) is 0. The Balaban J connectivity index is 2.63. The summed E-state index contributed by atoms with van der Waals surface area (Å²) in [5, 5.41) is 30.8. The fourth-order valence-corrected chi connectivity index (χ4v) is 2.15. The predicted octanol–water partition coefficient (Wildman–Crippen LogP) is -0.217. The Labute approximate surface area is 130 Å². The highest BCUT2D eigenvalue weighted by Crippen LogP contribution is 2.27. The van der Waals surface area contributed by atoms with Crippen LogP contribution in [-0.4, -0.2) is 75.3 Å². The number of aliphatic carboxylic acids is 1. The minimum atomic E-state index is -1.35. The smallest absolute Gasteiger partial charge is 0.410 e. The van der Waals surface area contributed by atoms with Gasteiger partial charge in [0.1, 0.15) is 5.60 Å². The molecule has 1 saturated heterocycles. The van der Waals surface area contributed by atoms with Gasteiger partial charge in [-0.15, -0.1) is 0 Å². The summed E-state index contributed by atoms with van der Waals surface area (Å²) < 4.78 is 5.23. The molecule has 1 heterocycles. The number of carboxylic acid groups (broad SMARTS) is 1. The van der Waals surface area contributed by atoms with Gasteiger partial charge in [0.25, 0.3) is 0 Å². The molecule has 1 amide bonds. The van der Waals surface area contributed by atoms with E-state index < -0.39 is 35.4 Å². The average Bonchev–Trinajstić information content (AvgIpc) is 2.29. The van der Waals surface area contributed by atoms with Crippen molar-refractivity contribution in [3.63, 3.8) is 0 Å². The first-order chi connectivity index (χ1) is 9.88. The molecular formula is C14H26N2O6. The van der Waals surface area contributed by atoms with E-state index in [1.54, 1.807) is 20.8 Å². The van der Waals surface area contributed by atoms with Crippen LogP contribution in [0, 0.1) is 0 Å². The van der Waals surface area contributed by atoms with Gasteiger partial charge in [0, 0.05) is 19.6 Å². The Hall–Kier alpha value is -1.38. The maximum absolute atomic E-state index is 11.9. The van der Waals surface area contributed by atoms with Crippen molar-refractivity contribution in [2.45, 2.75) is 50.9 Å². The molecule has 0 aromatic carbocycles. The lowest BCUT2D eigenvalue weighted by Gasteiger charge is -2.50. The van der Waals surface area contributed by atoms with Crippen LogP contribution in [0.5, 0.6) is 0 Å². The van der Waals surface area contributed by atoms with Gasteiger partial charge in [-0.1, -0.05) is 0 Å². The van der Waals surface area contributed by atoms with E-state index in [1.165, 1.54) is 11.8 Å². The molecular weight excluding hydrogens is 292 g/mol. The highest BCUT2D eigenvalue weighted by molar-refractivity contribution is 5.73. The molecule has 0 spiro atoms. The monoisotopic (exact) mass is 318 g/mol. The molecule has 22 heavy (non-hydrogen) atoms. The number of nitrogens with one attached hydrogen (secondary N) is 1. The number of carbonyl (C=O) groups excluding carboxylic acids is 1. The maximum Gasteiger partial charge on any atom is 0.410 e. The molecule has 1 rings (SSSR count). The second kappa shape index (κ2) is 6.39. The molecule has 128 valence electrons. The number of ether oxygens (including phenoxy) is 1. The molecule has 0 aliphatic carbocycles. The number of aliphatic hydroxyl groups excluding tert-OH is 1. The molecule has 0 aromatic rings. The van der Waals surface area contributed by atoms with Crippen molar-refractivity contribution in [2.24, 2.45) is 0 Å². The van der Waals surface area contributed by atoms with E-state index in [9.17, 15) is 14.7 Å². The van der Waals surface area contributed by atoms with Gasteiger partial charge in [-0.05, 0) is 27.7 Å². The van der Waals surface area contributed by atoms with Gasteiger partial charge in [0.05, 0.1) is 24.2 Å². The van der Waals surface area contributed by atoms with Crippen molar-refractivity contribution in [1.82, 2.24) is 10.2 Å². The first kappa shape index (κ1) is 18.7. The Morgan fingerprint density at radius 3 is 2.23 bits per heavy atom.